The maximum atomic E-state index is 9.67. The Morgan fingerprint density at radius 1 is 0.964 bits per heavy atom. The van der Waals surface area contributed by atoms with Crippen LogP contribution < -0.4 is 9.13 Å². The van der Waals surface area contributed by atoms with Crippen molar-refractivity contribution in [2.75, 3.05) is 0 Å². The number of benzene rings is 2. The first-order valence-corrected chi connectivity index (χ1v) is 9.29. The van der Waals surface area contributed by atoms with Crippen LogP contribution in [0.15, 0.2) is 60.8 Å². The van der Waals surface area contributed by atoms with Crippen molar-refractivity contribution >= 4 is 11.0 Å². The van der Waals surface area contributed by atoms with E-state index < -0.39 is 0 Å². The van der Waals surface area contributed by atoms with Gasteiger partial charge in [0.15, 0.2) is 11.9 Å². The third kappa shape index (κ3) is 2.82. The molecule has 0 fully saturated rings. The van der Waals surface area contributed by atoms with Crippen LogP contribution in [0.1, 0.15) is 22.5 Å². The summed E-state index contributed by atoms with van der Waals surface area (Å²) in [5.74, 6) is 0. The Morgan fingerprint density at radius 3 is 2.46 bits per heavy atom. The standard InChI is InChI=1S/C24H22N4/c1-16-9-7-8-12-28(16)23-14-19(15-25)13-20(17(23)2)24-18(3)26-21-10-5-6-11-22(21)27(24)4/h5-14H,1-4H3/q+2. The van der Waals surface area contributed by atoms with Crippen LogP contribution in [-0.4, -0.2) is 4.98 Å². The van der Waals surface area contributed by atoms with Gasteiger partial charge in [-0.1, -0.05) is 18.2 Å². The highest BCUT2D eigenvalue weighted by atomic mass is 15.0. The second-order valence-corrected chi connectivity index (χ2v) is 7.09. The molecule has 0 N–H and O–H groups in total. The highest BCUT2D eigenvalue weighted by Crippen LogP contribution is 2.28. The fraction of sp³-hybridized carbons (Fsp3) is 0.167. The van der Waals surface area contributed by atoms with Crippen LogP contribution >= 0.6 is 0 Å². The average Bonchev–Trinajstić information content (AvgIpc) is 2.70. The Bertz CT molecular complexity index is 1270. The molecule has 0 bridgehead atoms. The van der Waals surface area contributed by atoms with Gasteiger partial charge in [-0.05, 0) is 26.0 Å². The van der Waals surface area contributed by atoms with Gasteiger partial charge >= 0.3 is 0 Å². The summed E-state index contributed by atoms with van der Waals surface area (Å²) in [7, 11) is 2.06. The molecule has 4 heteroatoms. The fourth-order valence-electron chi connectivity index (χ4n) is 3.87. The number of aromatic nitrogens is 3. The summed E-state index contributed by atoms with van der Waals surface area (Å²) in [5.41, 5.74) is 8.92. The molecule has 4 rings (SSSR count). The van der Waals surface area contributed by atoms with Gasteiger partial charge in [0, 0.05) is 36.8 Å². The predicted octanol–water partition coefficient (Wildman–Crippen LogP) is 3.80. The van der Waals surface area contributed by atoms with Gasteiger partial charge in [-0.15, -0.1) is 0 Å². The molecule has 0 amide bonds. The minimum Gasteiger partial charge on any atom is -0.240 e. The Balaban J connectivity index is 2.07. The number of aryl methyl sites for hydroxylation is 3. The molecule has 0 unspecified atom stereocenters. The van der Waals surface area contributed by atoms with Gasteiger partial charge < -0.3 is 0 Å². The van der Waals surface area contributed by atoms with E-state index in [9.17, 15) is 5.26 Å². The zero-order valence-corrected chi connectivity index (χ0v) is 16.6. The van der Waals surface area contributed by atoms with E-state index in [1.54, 1.807) is 0 Å². The van der Waals surface area contributed by atoms with Crippen LogP contribution in [-0.2, 0) is 7.05 Å². The molecule has 0 atom stereocenters. The molecule has 4 aromatic rings. The Morgan fingerprint density at radius 2 is 1.71 bits per heavy atom. The van der Waals surface area contributed by atoms with Crippen molar-refractivity contribution in [1.29, 1.82) is 5.26 Å². The fourth-order valence-corrected chi connectivity index (χ4v) is 3.87. The minimum atomic E-state index is 0.638. The summed E-state index contributed by atoms with van der Waals surface area (Å²) in [6.07, 6.45) is 2.04. The van der Waals surface area contributed by atoms with Crippen molar-refractivity contribution in [2.45, 2.75) is 20.8 Å². The summed E-state index contributed by atoms with van der Waals surface area (Å²) in [5, 5.41) is 9.67. The van der Waals surface area contributed by atoms with Crippen LogP contribution in [0.2, 0.25) is 0 Å². The number of hydrogen-bond acceptors (Lipinski definition) is 2. The molecule has 136 valence electrons. The Labute approximate surface area is 165 Å². The first-order valence-electron chi connectivity index (χ1n) is 9.29. The lowest BCUT2D eigenvalue weighted by molar-refractivity contribution is -0.634. The zero-order chi connectivity index (χ0) is 19.8. The first-order chi connectivity index (χ1) is 13.5. The third-order valence-electron chi connectivity index (χ3n) is 5.30. The molecular weight excluding hydrogens is 344 g/mol. The smallest absolute Gasteiger partial charge is 0.234 e. The van der Waals surface area contributed by atoms with Crippen LogP contribution in [0.25, 0.3) is 28.0 Å². The molecule has 2 aromatic carbocycles. The van der Waals surface area contributed by atoms with Crippen molar-refractivity contribution in [3.8, 4) is 23.0 Å². The van der Waals surface area contributed by atoms with Crippen LogP contribution in [0.4, 0.5) is 0 Å². The van der Waals surface area contributed by atoms with E-state index in [0.29, 0.717) is 5.56 Å². The number of fused-ring (bicyclic) bond motifs is 1. The molecule has 2 heterocycles. The van der Waals surface area contributed by atoms with Gasteiger partial charge in [-0.3, -0.25) is 0 Å². The molecule has 28 heavy (non-hydrogen) atoms. The number of rotatable bonds is 2. The molecule has 0 aliphatic carbocycles. The monoisotopic (exact) mass is 366 g/mol. The molecule has 0 aliphatic heterocycles. The Kier molecular flexibility index (Phi) is 4.37. The van der Waals surface area contributed by atoms with Gasteiger partial charge in [0.05, 0.1) is 17.2 Å². The van der Waals surface area contributed by atoms with Crippen LogP contribution in [0, 0.1) is 32.1 Å². The van der Waals surface area contributed by atoms with E-state index in [-0.39, 0.29) is 0 Å². The Hall–Kier alpha value is -3.58. The van der Waals surface area contributed by atoms with E-state index >= 15 is 0 Å². The van der Waals surface area contributed by atoms with Crippen molar-refractivity contribution in [3.63, 3.8) is 0 Å². The van der Waals surface area contributed by atoms with Crippen molar-refractivity contribution in [1.82, 2.24) is 4.98 Å². The SMILES string of the molecule is Cc1nc2ccccc2[n+](C)c1-c1cc(C#N)cc(-[n+]2ccccc2C)c1C. The molecule has 0 spiro atoms. The largest absolute Gasteiger partial charge is 0.240 e. The van der Waals surface area contributed by atoms with Crippen molar-refractivity contribution in [3.05, 3.63) is 83.3 Å². The molecule has 0 radical (unpaired) electrons. The van der Waals surface area contributed by atoms with E-state index in [1.165, 1.54) is 0 Å². The molecule has 0 aliphatic rings. The summed E-state index contributed by atoms with van der Waals surface area (Å²) in [4.78, 5) is 4.82. The summed E-state index contributed by atoms with van der Waals surface area (Å²) in [6.45, 7) is 6.21. The first kappa shape index (κ1) is 17.8. The number of hydrogen-bond donors (Lipinski definition) is 0. The minimum absolute atomic E-state index is 0.638. The average molecular weight is 366 g/mol. The van der Waals surface area contributed by atoms with Gasteiger partial charge in [-0.25, -0.2) is 4.98 Å². The molecule has 2 aromatic heterocycles. The molecule has 0 saturated heterocycles. The number of nitrogens with zero attached hydrogens (tertiary/aromatic N) is 4. The lowest BCUT2D eigenvalue weighted by Crippen LogP contribution is -2.36. The molecule has 4 nitrogen and oxygen atoms in total. The van der Waals surface area contributed by atoms with E-state index in [4.69, 9.17) is 4.98 Å². The zero-order valence-electron chi connectivity index (χ0n) is 16.6. The van der Waals surface area contributed by atoms with Crippen molar-refractivity contribution < 1.29 is 9.13 Å². The lowest BCUT2D eigenvalue weighted by Gasteiger charge is -2.11. The topological polar surface area (TPSA) is 44.4 Å². The normalized spacial score (nSPS) is 10.8. The van der Waals surface area contributed by atoms with Gasteiger partial charge in [0.25, 0.3) is 0 Å². The summed E-state index contributed by atoms with van der Waals surface area (Å²) >= 11 is 0. The van der Waals surface area contributed by atoms with E-state index in [1.807, 2.05) is 55.6 Å². The summed E-state index contributed by atoms with van der Waals surface area (Å²) < 4.78 is 4.30. The highest BCUT2D eigenvalue weighted by Gasteiger charge is 2.25. The number of nitriles is 1. The van der Waals surface area contributed by atoms with Crippen LogP contribution in [0.3, 0.4) is 0 Å². The number of pyridine rings is 1. The lowest BCUT2D eigenvalue weighted by atomic mass is 9.98. The van der Waals surface area contributed by atoms with E-state index in [2.05, 4.69) is 48.2 Å². The molecule has 0 saturated carbocycles. The summed E-state index contributed by atoms with van der Waals surface area (Å²) in [6, 6.07) is 20.5. The maximum Gasteiger partial charge on any atom is 0.234 e. The quantitative estimate of drug-likeness (QED) is 0.507. The van der Waals surface area contributed by atoms with Gasteiger partial charge in [0.2, 0.25) is 16.9 Å². The third-order valence-corrected chi connectivity index (χ3v) is 5.30. The molecular formula is C24H22N4+2. The number of para-hydroxylation sites is 2. The van der Waals surface area contributed by atoms with Crippen molar-refractivity contribution in [2.24, 2.45) is 7.05 Å². The van der Waals surface area contributed by atoms with Crippen LogP contribution in [0.5, 0.6) is 0 Å². The van der Waals surface area contributed by atoms with E-state index in [0.717, 1.165) is 44.9 Å². The second kappa shape index (κ2) is 6.86. The maximum absolute atomic E-state index is 9.67. The predicted molar refractivity (Wildman–Crippen MR) is 109 cm³/mol. The van der Waals surface area contributed by atoms with Gasteiger partial charge in [-0.2, -0.15) is 14.4 Å². The highest BCUT2D eigenvalue weighted by molar-refractivity contribution is 5.75. The second-order valence-electron chi connectivity index (χ2n) is 7.09. The van der Waals surface area contributed by atoms with Gasteiger partial charge in [0.1, 0.15) is 18.3 Å².